The number of amides is 1. The number of nitrogens with one attached hydrogen (secondary N) is 1. The second-order valence-electron chi connectivity index (χ2n) is 5.07. The summed E-state index contributed by atoms with van der Waals surface area (Å²) in [4.78, 5) is 22.4. The fraction of sp³-hybridized carbons (Fsp3) is 0.643. The molecule has 0 aliphatic carbocycles. The first-order valence-corrected chi connectivity index (χ1v) is 7.17. The Morgan fingerprint density at radius 1 is 1.40 bits per heavy atom. The Balaban J connectivity index is 1.83. The lowest BCUT2D eigenvalue weighted by Crippen LogP contribution is -2.41. The van der Waals surface area contributed by atoms with E-state index in [9.17, 15) is 4.79 Å². The summed E-state index contributed by atoms with van der Waals surface area (Å²) in [6.45, 7) is 7.55. The van der Waals surface area contributed by atoms with Crippen molar-refractivity contribution in [2.75, 3.05) is 26.2 Å². The quantitative estimate of drug-likeness (QED) is 0.843. The topological polar surface area (TPSA) is 67.3 Å². The fourth-order valence-corrected chi connectivity index (χ4v) is 2.34. The van der Waals surface area contributed by atoms with E-state index in [1.165, 1.54) is 25.2 Å². The van der Waals surface area contributed by atoms with Crippen LogP contribution in [0.3, 0.4) is 0 Å². The van der Waals surface area contributed by atoms with Crippen LogP contribution in [-0.4, -0.2) is 53.1 Å². The molecule has 2 heterocycles. The minimum absolute atomic E-state index is 0.118. The lowest BCUT2D eigenvalue weighted by molar-refractivity contribution is 0.0931. The molecule has 6 nitrogen and oxygen atoms in total. The van der Waals surface area contributed by atoms with Crippen molar-refractivity contribution in [3.63, 3.8) is 0 Å². The molecule has 1 fully saturated rings. The van der Waals surface area contributed by atoms with Gasteiger partial charge in [-0.05, 0) is 39.8 Å². The van der Waals surface area contributed by atoms with E-state index in [1.54, 1.807) is 0 Å². The highest BCUT2D eigenvalue weighted by Crippen LogP contribution is 2.08. The third kappa shape index (κ3) is 4.16. The van der Waals surface area contributed by atoms with Crippen LogP contribution in [0.1, 0.15) is 37.0 Å². The van der Waals surface area contributed by atoms with Gasteiger partial charge in [0.1, 0.15) is 0 Å². The third-order valence-corrected chi connectivity index (χ3v) is 3.27. The standard InChI is InChI=1S/C14H22N4O2/c1-3-20-14-15-8-12(9-16-14)13(19)17-11(2)10-18-6-4-5-7-18/h8-9,11H,3-7,10H2,1-2H3,(H,17,19). The van der Waals surface area contributed by atoms with Gasteiger partial charge in [0.05, 0.1) is 12.2 Å². The molecule has 20 heavy (non-hydrogen) atoms. The van der Waals surface area contributed by atoms with E-state index in [4.69, 9.17) is 4.74 Å². The second-order valence-corrected chi connectivity index (χ2v) is 5.07. The van der Waals surface area contributed by atoms with Crippen LogP contribution >= 0.6 is 0 Å². The Labute approximate surface area is 119 Å². The molecule has 6 heteroatoms. The third-order valence-electron chi connectivity index (χ3n) is 3.27. The predicted octanol–water partition coefficient (Wildman–Crippen LogP) is 1.09. The number of likely N-dealkylation sites (tertiary alicyclic amines) is 1. The van der Waals surface area contributed by atoms with Gasteiger partial charge in [0.15, 0.2) is 0 Å². The lowest BCUT2D eigenvalue weighted by Gasteiger charge is -2.21. The Hall–Kier alpha value is -1.69. The van der Waals surface area contributed by atoms with Gasteiger partial charge in [-0.2, -0.15) is 0 Å². The molecule has 0 bridgehead atoms. The molecule has 2 rings (SSSR count). The van der Waals surface area contributed by atoms with E-state index >= 15 is 0 Å². The highest BCUT2D eigenvalue weighted by atomic mass is 16.5. The number of rotatable bonds is 6. The number of aromatic nitrogens is 2. The Kier molecular flexibility index (Phi) is 5.29. The molecule has 1 aliphatic rings. The average Bonchev–Trinajstić information content (AvgIpc) is 2.92. The number of carbonyl (C=O) groups excluding carboxylic acids is 1. The van der Waals surface area contributed by atoms with Gasteiger partial charge in [0, 0.05) is 25.0 Å². The molecule has 1 aromatic rings. The van der Waals surface area contributed by atoms with Gasteiger partial charge in [-0.15, -0.1) is 0 Å². The van der Waals surface area contributed by atoms with Crippen molar-refractivity contribution in [2.45, 2.75) is 32.7 Å². The minimum atomic E-state index is -0.139. The molecule has 0 saturated carbocycles. The van der Waals surface area contributed by atoms with Crippen molar-refractivity contribution in [2.24, 2.45) is 0 Å². The molecule has 1 unspecified atom stereocenters. The van der Waals surface area contributed by atoms with Gasteiger partial charge in [0.2, 0.25) is 0 Å². The molecule has 0 spiro atoms. The average molecular weight is 278 g/mol. The SMILES string of the molecule is CCOc1ncc(C(=O)NC(C)CN2CCCC2)cn1. The zero-order valence-corrected chi connectivity index (χ0v) is 12.1. The predicted molar refractivity (Wildman–Crippen MR) is 75.8 cm³/mol. The summed E-state index contributed by atoms with van der Waals surface area (Å²) < 4.78 is 5.15. The van der Waals surface area contributed by atoms with Crippen molar-refractivity contribution in [1.82, 2.24) is 20.2 Å². The van der Waals surface area contributed by atoms with Crippen LogP contribution in [0.25, 0.3) is 0 Å². The zero-order valence-electron chi connectivity index (χ0n) is 12.1. The largest absolute Gasteiger partial charge is 0.464 e. The molecular weight excluding hydrogens is 256 g/mol. The monoisotopic (exact) mass is 278 g/mol. The molecule has 1 aromatic heterocycles. The van der Waals surface area contributed by atoms with E-state index in [0.717, 1.165) is 19.6 Å². The van der Waals surface area contributed by atoms with Crippen molar-refractivity contribution < 1.29 is 9.53 Å². The highest BCUT2D eigenvalue weighted by Gasteiger charge is 2.17. The van der Waals surface area contributed by atoms with Gasteiger partial charge < -0.3 is 15.0 Å². The Bertz CT molecular complexity index is 429. The molecule has 1 saturated heterocycles. The maximum atomic E-state index is 12.0. The fourth-order valence-electron chi connectivity index (χ4n) is 2.34. The molecule has 1 N–H and O–H groups in total. The molecule has 110 valence electrons. The number of carbonyl (C=O) groups is 1. The molecule has 1 atom stereocenters. The Morgan fingerprint density at radius 2 is 2.05 bits per heavy atom. The van der Waals surface area contributed by atoms with E-state index in [1.807, 2.05) is 13.8 Å². The summed E-state index contributed by atoms with van der Waals surface area (Å²) in [5, 5.41) is 2.97. The number of nitrogens with zero attached hydrogens (tertiary/aromatic N) is 3. The Morgan fingerprint density at radius 3 is 2.65 bits per heavy atom. The lowest BCUT2D eigenvalue weighted by atomic mass is 10.2. The highest BCUT2D eigenvalue weighted by molar-refractivity contribution is 5.93. The smallest absolute Gasteiger partial charge is 0.316 e. The summed E-state index contributed by atoms with van der Waals surface area (Å²) in [6, 6.07) is 0.418. The van der Waals surface area contributed by atoms with Gasteiger partial charge in [-0.3, -0.25) is 4.79 Å². The van der Waals surface area contributed by atoms with Crippen LogP contribution in [0.2, 0.25) is 0 Å². The summed E-state index contributed by atoms with van der Waals surface area (Å²) in [5.41, 5.74) is 0.460. The second kappa shape index (κ2) is 7.19. The summed E-state index contributed by atoms with van der Waals surface area (Å²) in [6.07, 6.45) is 5.51. The van der Waals surface area contributed by atoms with Crippen LogP contribution in [0.15, 0.2) is 12.4 Å². The first-order valence-electron chi connectivity index (χ1n) is 7.17. The van der Waals surface area contributed by atoms with Crippen LogP contribution in [0, 0.1) is 0 Å². The molecular formula is C14H22N4O2. The summed E-state index contributed by atoms with van der Waals surface area (Å²) in [5.74, 6) is -0.139. The summed E-state index contributed by atoms with van der Waals surface area (Å²) in [7, 11) is 0. The normalized spacial score (nSPS) is 16.9. The van der Waals surface area contributed by atoms with Gasteiger partial charge in [-0.1, -0.05) is 0 Å². The van der Waals surface area contributed by atoms with Crippen molar-refractivity contribution in [3.05, 3.63) is 18.0 Å². The van der Waals surface area contributed by atoms with E-state index in [-0.39, 0.29) is 11.9 Å². The number of hydrogen-bond donors (Lipinski definition) is 1. The van der Waals surface area contributed by atoms with Gasteiger partial charge >= 0.3 is 6.01 Å². The first-order chi connectivity index (χ1) is 9.69. The van der Waals surface area contributed by atoms with Gasteiger partial charge in [-0.25, -0.2) is 9.97 Å². The molecule has 1 amide bonds. The number of ether oxygens (including phenoxy) is 1. The van der Waals surface area contributed by atoms with Crippen LogP contribution in [0.5, 0.6) is 6.01 Å². The molecule has 0 radical (unpaired) electrons. The van der Waals surface area contributed by atoms with E-state index in [2.05, 4.69) is 20.2 Å². The van der Waals surface area contributed by atoms with Crippen LogP contribution in [0.4, 0.5) is 0 Å². The summed E-state index contributed by atoms with van der Waals surface area (Å²) >= 11 is 0. The van der Waals surface area contributed by atoms with Crippen molar-refractivity contribution in [1.29, 1.82) is 0 Å². The maximum Gasteiger partial charge on any atom is 0.316 e. The first kappa shape index (κ1) is 14.7. The van der Waals surface area contributed by atoms with E-state index in [0.29, 0.717) is 18.2 Å². The number of hydrogen-bond acceptors (Lipinski definition) is 5. The van der Waals surface area contributed by atoms with Gasteiger partial charge in [0.25, 0.3) is 5.91 Å². The zero-order chi connectivity index (χ0) is 14.4. The maximum absolute atomic E-state index is 12.0. The van der Waals surface area contributed by atoms with E-state index < -0.39 is 0 Å². The van der Waals surface area contributed by atoms with Crippen molar-refractivity contribution in [3.8, 4) is 6.01 Å². The molecule has 1 aliphatic heterocycles. The van der Waals surface area contributed by atoms with Crippen molar-refractivity contribution >= 4 is 5.91 Å². The molecule has 0 aromatic carbocycles. The van der Waals surface area contributed by atoms with Crippen LogP contribution in [-0.2, 0) is 0 Å². The van der Waals surface area contributed by atoms with Crippen LogP contribution < -0.4 is 10.1 Å². The minimum Gasteiger partial charge on any atom is -0.464 e.